The number of aromatic nitrogens is 1. The van der Waals surface area contributed by atoms with Crippen molar-refractivity contribution in [2.45, 2.75) is 17.9 Å². The van der Waals surface area contributed by atoms with E-state index in [9.17, 15) is 8.42 Å². The zero-order valence-corrected chi connectivity index (χ0v) is 13.3. The fourth-order valence-electron chi connectivity index (χ4n) is 2.01. The number of hydrogen-bond acceptors (Lipinski definition) is 3. The molecule has 2 N–H and O–H groups in total. The predicted octanol–water partition coefficient (Wildman–Crippen LogP) is 2.65. The second-order valence-electron chi connectivity index (χ2n) is 4.71. The molecule has 5 nitrogen and oxygen atoms in total. The van der Waals surface area contributed by atoms with Gasteiger partial charge in [-0.15, -0.1) is 0 Å². The first-order valence-electron chi connectivity index (χ1n) is 6.38. The van der Waals surface area contributed by atoms with Crippen LogP contribution in [0.4, 0.5) is 0 Å². The highest BCUT2D eigenvalue weighted by atomic mass is 35.5. The van der Waals surface area contributed by atoms with Gasteiger partial charge in [0.1, 0.15) is 4.90 Å². The molecule has 1 atom stereocenters. The number of aromatic amines is 1. The highest BCUT2D eigenvalue weighted by Crippen LogP contribution is 2.27. The van der Waals surface area contributed by atoms with E-state index in [0.717, 1.165) is 11.3 Å². The van der Waals surface area contributed by atoms with Crippen LogP contribution in [-0.2, 0) is 14.8 Å². The molecule has 1 aromatic heterocycles. The van der Waals surface area contributed by atoms with Gasteiger partial charge < -0.3 is 9.72 Å². The Morgan fingerprint density at radius 1 is 1.38 bits per heavy atom. The van der Waals surface area contributed by atoms with Crippen LogP contribution in [0.2, 0.25) is 5.02 Å². The molecule has 2 rings (SSSR count). The third-order valence-corrected chi connectivity index (χ3v) is 4.98. The quantitative estimate of drug-likeness (QED) is 0.856. The summed E-state index contributed by atoms with van der Waals surface area (Å²) in [6.45, 7) is 2.01. The Morgan fingerprint density at radius 3 is 2.71 bits per heavy atom. The van der Waals surface area contributed by atoms with E-state index in [1.807, 2.05) is 12.1 Å². The maximum Gasteiger partial charge on any atom is 0.242 e. The second-order valence-corrected chi connectivity index (χ2v) is 6.80. The van der Waals surface area contributed by atoms with Crippen LogP contribution in [0.3, 0.4) is 0 Å². The number of hydrogen-bond donors (Lipinski definition) is 2. The van der Waals surface area contributed by atoms with Gasteiger partial charge in [-0.1, -0.05) is 17.7 Å². The van der Waals surface area contributed by atoms with Gasteiger partial charge >= 0.3 is 0 Å². The summed E-state index contributed by atoms with van der Waals surface area (Å²) in [5.41, 5.74) is 1.70. The molecule has 2 aromatic rings. The van der Waals surface area contributed by atoms with Gasteiger partial charge in [0.05, 0.1) is 11.6 Å². The van der Waals surface area contributed by atoms with E-state index < -0.39 is 10.0 Å². The fraction of sp³-hybridized carbons (Fsp3) is 0.286. The lowest BCUT2D eigenvalue weighted by Gasteiger charge is -2.14. The van der Waals surface area contributed by atoms with E-state index in [1.165, 1.54) is 13.2 Å². The van der Waals surface area contributed by atoms with Crippen LogP contribution in [-0.4, -0.2) is 33.2 Å². The van der Waals surface area contributed by atoms with Crippen molar-refractivity contribution in [2.24, 2.45) is 0 Å². The zero-order valence-electron chi connectivity index (χ0n) is 11.8. The Bertz CT molecular complexity index is 699. The number of nitrogens with one attached hydrogen (secondary N) is 2. The van der Waals surface area contributed by atoms with E-state index in [-0.39, 0.29) is 22.6 Å². The molecule has 0 saturated heterocycles. The van der Waals surface area contributed by atoms with Crippen LogP contribution in [0.1, 0.15) is 6.92 Å². The third-order valence-electron chi connectivity index (χ3n) is 2.90. The summed E-state index contributed by atoms with van der Waals surface area (Å²) in [5.74, 6) is 0. The molecule has 0 aliphatic carbocycles. The van der Waals surface area contributed by atoms with Gasteiger partial charge in [0.15, 0.2) is 0 Å². The predicted molar refractivity (Wildman–Crippen MR) is 82.9 cm³/mol. The van der Waals surface area contributed by atoms with Crippen molar-refractivity contribution in [3.05, 3.63) is 41.6 Å². The average molecular weight is 329 g/mol. The SMILES string of the molecule is COCC(C)NS(=O)(=O)c1ccc(-c2ccc[nH]2)cc1Cl. The zero-order chi connectivity index (χ0) is 15.5. The van der Waals surface area contributed by atoms with Gasteiger partial charge in [-0.25, -0.2) is 13.1 Å². The maximum atomic E-state index is 12.3. The van der Waals surface area contributed by atoms with Crippen LogP contribution >= 0.6 is 11.6 Å². The van der Waals surface area contributed by atoms with Crippen LogP contribution < -0.4 is 4.72 Å². The Morgan fingerprint density at radius 2 is 2.14 bits per heavy atom. The second kappa shape index (κ2) is 6.62. The molecule has 7 heteroatoms. The molecule has 0 radical (unpaired) electrons. The van der Waals surface area contributed by atoms with Crippen molar-refractivity contribution in [1.82, 2.24) is 9.71 Å². The van der Waals surface area contributed by atoms with Crippen molar-refractivity contribution in [3.63, 3.8) is 0 Å². The molecular weight excluding hydrogens is 312 g/mol. The summed E-state index contributed by atoms with van der Waals surface area (Å²) in [4.78, 5) is 3.11. The Kier molecular flexibility index (Phi) is 5.05. The minimum Gasteiger partial charge on any atom is -0.383 e. The molecule has 0 amide bonds. The normalized spacial score (nSPS) is 13.3. The lowest BCUT2D eigenvalue weighted by molar-refractivity contribution is 0.180. The monoisotopic (exact) mass is 328 g/mol. The number of sulfonamides is 1. The molecule has 0 aliphatic heterocycles. The molecule has 114 valence electrons. The summed E-state index contributed by atoms with van der Waals surface area (Å²) in [6, 6.07) is 8.26. The van der Waals surface area contributed by atoms with Gasteiger partial charge in [-0.05, 0) is 36.8 Å². The van der Waals surface area contributed by atoms with Crippen molar-refractivity contribution in [3.8, 4) is 11.3 Å². The molecule has 0 fully saturated rings. The van der Waals surface area contributed by atoms with Crippen LogP contribution in [0.5, 0.6) is 0 Å². The first kappa shape index (κ1) is 16.0. The lowest BCUT2D eigenvalue weighted by Crippen LogP contribution is -2.35. The van der Waals surface area contributed by atoms with Crippen LogP contribution in [0, 0.1) is 0 Å². The highest BCUT2D eigenvalue weighted by Gasteiger charge is 2.20. The number of ether oxygens (including phenoxy) is 1. The largest absolute Gasteiger partial charge is 0.383 e. The Balaban J connectivity index is 2.28. The van der Waals surface area contributed by atoms with Crippen molar-refractivity contribution in [2.75, 3.05) is 13.7 Å². The lowest BCUT2D eigenvalue weighted by atomic mass is 10.2. The number of halogens is 1. The van der Waals surface area contributed by atoms with Gasteiger partial charge in [-0.3, -0.25) is 0 Å². The third kappa shape index (κ3) is 3.85. The van der Waals surface area contributed by atoms with E-state index in [2.05, 4.69) is 9.71 Å². The first-order valence-corrected chi connectivity index (χ1v) is 8.24. The molecule has 21 heavy (non-hydrogen) atoms. The van der Waals surface area contributed by atoms with Gasteiger partial charge in [0.25, 0.3) is 0 Å². The molecular formula is C14H17ClN2O3S. The van der Waals surface area contributed by atoms with E-state index in [1.54, 1.807) is 25.3 Å². The number of methoxy groups -OCH3 is 1. The molecule has 1 aromatic carbocycles. The highest BCUT2D eigenvalue weighted by molar-refractivity contribution is 7.89. The van der Waals surface area contributed by atoms with Crippen molar-refractivity contribution >= 4 is 21.6 Å². The van der Waals surface area contributed by atoms with Crippen LogP contribution in [0.15, 0.2) is 41.4 Å². The standard InChI is InChI=1S/C14H17ClN2O3S/c1-10(9-20-2)17-21(18,19)14-6-5-11(8-12(14)15)13-4-3-7-16-13/h3-8,10,16-17H,9H2,1-2H3. The van der Waals surface area contributed by atoms with Gasteiger partial charge in [0.2, 0.25) is 10.0 Å². The Labute approximate surface area is 129 Å². The minimum atomic E-state index is -3.67. The smallest absolute Gasteiger partial charge is 0.242 e. The molecule has 1 heterocycles. The van der Waals surface area contributed by atoms with Crippen LogP contribution in [0.25, 0.3) is 11.3 Å². The van der Waals surface area contributed by atoms with Crippen molar-refractivity contribution in [1.29, 1.82) is 0 Å². The van der Waals surface area contributed by atoms with E-state index >= 15 is 0 Å². The first-order chi connectivity index (χ1) is 9.94. The van der Waals surface area contributed by atoms with E-state index in [0.29, 0.717) is 0 Å². The molecule has 0 saturated carbocycles. The van der Waals surface area contributed by atoms with Gasteiger partial charge in [0, 0.05) is 25.0 Å². The molecule has 0 spiro atoms. The van der Waals surface area contributed by atoms with Crippen molar-refractivity contribution < 1.29 is 13.2 Å². The summed E-state index contributed by atoms with van der Waals surface area (Å²) in [6.07, 6.45) is 1.79. The number of rotatable bonds is 6. The van der Waals surface area contributed by atoms with Gasteiger partial charge in [-0.2, -0.15) is 0 Å². The number of benzene rings is 1. The average Bonchev–Trinajstić information content (AvgIpc) is 2.91. The fourth-order valence-corrected chi connectivity index (χ4v) is 3.78. The molecule has 1 unspecified atom stereocenters. The minimum absolute atomic E-state index is 0.0578. The molecule has 0 bridgehead atoms. The molecule has 0 aliphatic rings. The summed E-state index contributed by atoms with van der Waals surface area (Å²) in [7, 11) is -2.15. The van der Waals surface area contributed by atoms with E-state index in [4.69, 9.17) is 16.3 Å². The summed E-state index contributed by atoms with van der Waals surface area (Å²) in [5, 5.41) is 0.180. The number of H-pyrrole nitrogens is 1. The topological polar surface area (TPSA) is 71.2 Å². The maximum absolute atomic E-state index is 12.3. The summed E-state index contributed by atoms with van der Waals surface area (Å²) < 4.78 is 32.0. The summed E-state index contributed by atoms with van der Waals surface area (Å²) >= 11 is 6.13. The Hall–Kier alpha value is -1.34.